The Hall–Kier alpha value is -1.43. The van der Waals surface area contributed by atoms with Crippen LogP contribution in [0, 0.1) is 5.82 Å². The zero-order valence-electron chi connectivity index (χ0n) is 14.2. The van der Waals surface area contributed by atoms with Crippen molar-refractivity contribution in [3.63, 3.8) is 0 Å². The van der Waals surface area contributed by atoms with Gasteiger partial charge in [-0.1, -0.05) is 38.3 Å². The fraction of sp³-hybridized carbons (Fsp3) is 0.611. The Kier molecular flexibility index (Phi) is 6.38. The van der Waals surface area contributed by atoms with Crippen molar-refractivity contribution >= 4 is 15.7 Å². The molecule has 24 heavy (non-hydrogen) atoms. The molecule has 1 aliphatic carbocycles. The maximum atomic E-state index is 13.2. The van der Waals surface area contributed by atoms with E-state index in [2.05, 4.69) is 5.32 Å². The molecule has 1 fully saturated rings. The fourth-order valence-corrected chi connectivity index (χ4v) is 4.77. The van der Waals surface area contributed by atoms with Crippen molar-refractivity contribution in [1.29, 1.82) is 0 Å². The molecular formula is C18H26FNO3S. The Morgan fingerprint density at radius 2 is 1.79 bits per heavy atom. The van der Waals surface area contributed by atoms with E-state index >= 15 is 0 Å². The van der Waals surface area contributed by atoms with Crippen LogP contribution < -0.4 is 5.32 Å². The predicted octanol–water partition coefficient (Wildman–Crippen LogP) is 2.97. The number of carbonyl (C=O) groups excluding carboxylic acids is 1. The first kappa shape index (κ1) is 18.9. The van der Waals surface area contributed by atoms with Gasteiger partial charge in [-0.15, -0.1) is 0 Å². The summed E-state index contributed by atoms with van der Waals surface area (Å²) in [5.41, 5.74) is 0.788. The minimum atomic E-state index is -3.34. The highest BCUT2D eigenvalue weighted by molar-refractivity contribution is 7.92. The maximum Gasteiger partial charge on any atom is 0.235 e. The molecule has 0 atom stereocenters. The highest BCUT2D eigenvalue weighted by Crippen LogP contribution is 2.39. The summed E-state index contributed by atoms with van der Waals surface area (Å²) in [6.07, 6.45) is 5.61. The first-order valence-corrected chi connectivity index (χ1v) is 10.4. The van der Waals surface area contributed by atoms with Crippen LogP contribution in [-0.4, -0.2) is 32.4 Å². The van der Waals surface area contributed by atoms with Gasteiger partial charge in [0.25, 0.3) is 0 Å². The fourth-order valence-electron chi connectivity index (χ4n) is 3.50. The average Bonchev–Trinajstić information content (AvgIpc) is 2.54. The molecule has 1 aliphatic rings. The van der Waals surface area contributed by atoms with Gasteiger partial charge in [0.1, 0.15) is 11.6 Å². The van der Waals surface area contributed by atoms with Crippen LogP contribution in [0.25, 0.3) is 0 Å². The van der Waals surface area contributed by atoms with Gasteiger partial charge in [-0.25, -0.2) is 12.8 Å². The minimum absolute atomic E-state index is 0.0313. The largest absolute Gasteiger partial charge is 0.354 e. The Balaban J connectivity index is 2.07. The Bertz CT molecular complexity index is 649. The van der Waals surface area contributed by atoms with E-state index < -0.39 is 21.5 Å². The van der Waals surface area contributed by atoms with E-state index in [-0.39, 0.29) is 17.0 Å². The van der Waals surface area contributed by atoms with Crippen LogP contribution in [-0.2, 0) is 20.0 Å². The molecule has 134 valence electrons. The molecule has 0 aromatic heterocycles. The number of nitrogens with one attached hydrogen (secondary N) is 1. The molecule has 1 N–H and O–H groups in total. The lowest BCUT2D eigenvalue weighted by atomic mass is 9.69. The summed E-state index contributed by atoms with van der Waals surface area (Å²) in [7, 11) is -3.34. The third-order valence-corrected chi connectivity index (χ3v) is 6.49. The third kappa shape index (κ3) is 5.03. The number of hydrogen-bond donors (Lipinski definition) is 1. The lowest BCUT2D eigenvalue weighted by Gasteiger charge is -2.38. The molecule has 0 bridgehead atoms. The number of hydrogen-bond acceptors (Lipinski definition) is 3. The van der Waals surface area contributed by atoms with Crippen molar-refractivity contribution in [2.45, 2.75) is 50.9 Å². The van der Waals surface area contributed by atoms with E-state index in [0.29, 0.717) is 13.0 Å². The molecule has 2 rings (SSSR count). The molecule has 1 amide bonds. The van der Waals surface area contributed by atoms with Crippen molar-refractivity contribution in [1.82, 2.24) is 5.32 Å². The Morgan fingerprint density at radius 3 is 2.38 bits per heavy atom. The number of amides is 1. The molecule has 1 aromatic carbocycles. The molecule has 0 spiro atoms. The van der Waals surface area contributed by atoms with Gasteiger partial charge < -0.3 is 5.32 Å². The number of sulfone groups is 1. The van der Waals surface area contributed by atoms with Crippen LogP contribution in [0.1, 0.15) is 51.0 Å². The summed E-state index contributed by atoms with van der Waals surface area (Å²) in [5.74, 6) is -1.15. The smallest absolute Gasteiger partial charge is 0.235 e. The molecule has 1 aromatic rings. The van der Waals surface area contributed by atoms with Crippen LogP contribution in [0.5, 0.6) is 0 Å². The SMILES string of the molecule is CCCS(=O)(=O)CC(=O)NCC1(c2ccc(F)cc2)CCCCC1. The van der Waals surface area contributed by atoms with Crippen molar-refractivity contribution < 1.29 is 17.6 Å². The van der Waals surface area contributed by atoms with E-state index in [1.165, 1.54) is 12.1 Å². The highest BCUT2D eigenvalue weighted by atomic mass is 32.2. The second-order valence-electron chi connectivity index (χ2n) is 6.72. The highest BCUT2D eigenvalue weighted by Gasteiger charge is 2.34. The van der Waals surface area contributed by atoms with Gasteiger partial charge in [-0.3, -0.25) is 4.79 Å². The van der Waals surface area contributed by atoms with Crippen LogP contribution in [0.15, 0.2) is 24.3 Å². The summed E-state index contributed by atoms with van der Waals surface area (Å²) in [4.78, 5) is 12.1. The maximum absolute atomic E-state index is 13.2. The van der Waals surface area contributed by atoms with Crippen molar-refractivity contribution in [3.05, 3.63) is 35.6 Å². The van der Waals surface area contributed by atoms with Gasteiger partial charge in [0.05, 0.1) is 5.75 Å². The van der Waals surface area contributed by atoms with Gasteiger partial charge in [0, 0.05) is 12.0 Å². The summed E-state index contributed by atoms with van der Waals surface area (Å²) < 4.78 is 36.8. The Labute approximate surface area is 143 Å². The van der Waals surface area contributed by atoms with Crippen LogP contribution in [0.2, 0.25) is 0 Å². The van der Waals surface area contributed by atoms with E-state index in [4.69, 9.17) is 0 Å². The second-order valence-corrected chi connectivity index (χ2v) is 8.90. The zero-order chi connectivity index (χ0) is 17.6. The molecule has 0 aliphatic heterocycles. The third-order valence-electron chi connectivity index (χ3n) is 4.76. The van der Waals surface area contributed by atoms with Crippen molar-refractivity contribution in [3.8, 4) is 0 Å². The van der Waals surface area contributed by atoms with E-state index in [1.54, 1.807) is 19.1 Å². The topological polar surface area (TPSA) is 63.2 Å². The molecule has 4 nitrogen and oxygen atoms in total. The second kappa shape index (κ2) is 8.10. The van der Waals surface area contributed by atoms with Crippen LogP contribution >= 0.6 is 0 Å². The number of benzene rings is 1. The number of carbonyl (C=O) groups is 1. The number of rotatable bonds is 7. The molecule has 6 heteroatoms. The lowest BCUT2D eigenvalue weighted by Crippen LogP contribution is -2.44. The molecule has 0 saturated heterocycles. The van der Waals surface area contributed by atoms with Crippen molar-refractivity contribution in [2.75, 3.05) is 18.1 Å². The van der Waals surface area contributed by atoms with Crippen LogP contribution in [0.4, 0.5) is 4.39 Å². The van der Waals surface area contributed by atoms with Gasteiger partial charge in [-0.2, -0.15) is 0 Å². The zero-order valence-corrected chi connectivity index (χ0v) is 15.0. The van der Waals surface area contributed by atoms with Gasteiger partial charge in [-0.05, 0) is 37.0 Å². The quantitative estimate of drug-likeness (QED) is 0.818. The standard InChI is InChI=1S/C18H26FNO3S/c1-2-12-24(22,23)13-17(21)20-14-18(10-4-3-5-11-18)15-6-8-16(19)9-7-15/h6-9H,2-5,10-14H2,1H3,(H,20,21). The molecular weight excluding hydrogens is 329 g/mol. The van der Waals surface area contributed by atoms with E-state index in [0.717, 1.165) is 37.7 Å². The minimum Gasteiger partial charge on any atom is -0.354 e. The summed E-state index contributed by atoms with van der Waals surface area (Å²) in [6, 6.07) is 6.44. The summed E-state index contributed by atoms with van der Waals surface area (Å²) >= 11 is 0. The van der Waals surface area contributed by atoms with E-state index in [1.807, 2.05) is 0 Å². The monoisotopic (exact) mass is 355 g/mol. The molecule has 0 radical (unpaired) electrons. The van der Waals surface area contributed by atoms with Gasteiger partial charge in [0.15, 0.2) is 9.84 Å². The molecule has 0 unspecified atom stereocenters. The predicted molar refractivity (Wildman–Crippen MR) is 93.1 cm³/mol. The first-order chi connectivity index (χ1) is 11.4. The first-order valence-electron chi connectivity index (χ1n) is 8.60. The van der Waals surface area contributed by atoms with Gasteiger partial charge in [0.2, 0.25) is 5.91 Å². The normalized spacial score (nSPS) is 17.4. The van der Waals surface area contributed by atoms with Crippen molar-refractivity contribution in [2.24, 2.45) is 0 Å². The van der Waals surface area contributed by atoms with Crippen LogP contribution in [0.3, 0.4) is 0 Å². The molecule has 1 saturated carbocycles. The Morgan fingerprint density at radius 1 is 1.17 bits per heavy atom. The average molecular weight is 355 g/mol. The van der Waals surface area contributed by atoms with E-state index in [9.17, 15) is 17.6 Å². The summed E-state index contributed by atoms with van der Waals surface area (Å²) in [5, 5.41) is 2.81. The van der Waals surface area contributed by atoms with Gasteiger partial charge >= 0.3 is 0 Å². The summed E-state index contributed by atoms with van der Waals surface area (Å²) in [6.45, 7) is 2.18. The number of halogens is 1. The molecule has 0 heterocycles. The lowest BCUT2D eigenvalue weighted by molar-refractivity contribution is -0.119.